The van der Waals surface area contributed by atoms with Gasteiger partial charge in [0.15, 0.2) is 0 Å². The minimum atomic E-state index is -0.0311. The highest BCUT2D eigenvalue weighted by Gasteiger charge is 2.07. The lowest BCUT2D eigenvalue weighted by atomic mass is 10.1. The van der Waals surface area contributed by atoms with Gasteiger partial charge in [0.05, 0.1) is 13.2 Å². The molecule has 0 bridgehead atoms. The predicted molar refractivity (Wildman–Crippen MR) is 87.9 cm³/mol. The Morgan fingerprint density at radius 1 is 0.636 bits per heavy atom. The third-order valence-corrected chi connectivity index (χ3v) is 3.56. The van der Waals surface area contributed by atoms with Gasteiger partial charge in [0.25, 0.3) is 0 Å². The van der Waals surface area contributed by atoms with Crippen molar-refractivity contribution in [3.05, 3.63) is 71.8 Å². The molecule has 118 valence electrons. The van der Waals surface area contributed by atoms with Gasteiger partial charge < -0.3 is 11.5 Å². The van der Waals surface area contributed by atoms with Gasteiger partial charge in [-0.3, -0.25) is 0 Å². The van der Waals surface area contributed by atoms with Crippen LogP contribution in [0.2, 0.25) is 0 Å². The van der Waals surface area contributed by atoms with E-state index in [2.05, 4.69) is 0 Å². The molecule has 4 N–H and O–H groups in total. The molecule has 1 unspecified atom stereocenters. The summed E-state index contributed by atoms with van der Waals surface area (Å²) in [7, 11) is 0. The Labute approximate surface area is 132 Å². The maximum atomic E-state index is 6.08. The van der Waals surface area contributed by atoms with Gasteiger partial charge >= 0.3 is 0 Å². The molecule has 0 amide bonds. The molecule has 2 rings (SSSR count). The average Bonchev–Trinajstić information content (AvgIpc) is 2.59. The van der Waals surface area contributed by atoms with E-state index in [4.69, 9.17) is 21.2 Å². The topological polar surface area (TPSA) is 70.5 Å². The zero-order valence-electron chi connectivity index (χ0n) is 12.7. The van der Waals surface area contributed by atoms with E-state index in [1.165, 1.54) is 0 Å². The van der Waals surface area contributed by atoms with Crippen molar-refractivity contribution in [2.75, 3.05) is 13.2 Å². The molecule has 2 aromatic carbocycles. The van der Waals surface area contributed by atoms with Crippen LogP contribution in [0.1, 0.15) is 36.1 Å². The molecule has 0 spiro atoms. The first-order valence-electron chi connectivity index (χ1n) is 7.63. The fourth-order valence-electron chi connectivity index (χ4n) is 2.20. The SMILES string of the molecule is NC(CCOOCC[C@@H](N)c1ccccc1)c1ccccc1. The Hall–Kier alpha value is -1.72. The van der Waals surface area contributed by atoms with Crippen molar-refractivity contribution in [2.45, 2.75) is 24.9 Å². The average molecular weight is 300 g/mol. The summed E-state index contributed by atoms with van der Waals surface area (Å²) < 4.78 is 0. The van der Waals surface area contributed by atoms with Crippen LogP contribution in [-0.4, -0.2) is 13.2 Å². The van der Waals surface area contributed by atoms with E-state index in [1.54, 1.807) is 0 Å². The molecular formula is C18H24N2O2. The van der Waals surface area contributed by atoms with Gasteiger partial charge in [-0.1, -0.05) is 60.7 Å². The Kier molecular flexibility index (Phi) is 7.06. The normalized spacial score (nSPS) is 13.7. The summed E-state index contributed by atoms with van der Waals surface area (Å²) in [6.45, 7) is 0.938. The van der Waals surface area contributed by atoms with Crippen LogP contribution in [0.5, 0.6) is 0 Å². The van der Waals surface area contributed by atoms with Crippen molar-refractivity contribution in [3.8, 4) is 0 Å². The smallest absolute Gasteiger partial charge is 0.0840 e. The Morgan fingerprint density at radius 2 is 1.00 bits per heavy atom. The molecule has 22 heavy (non-hydrogen) atoms. The first-order valence-corrected chi connectivity index (χ1v) is 7.63. The molecule has 0 aliphatic carbocycles. The Morgan fingerprint density at radius 3 is 1.36 bits per heavy atom. The van der Waals surface area contributed by atoms with Gasteiger partial charge in [0.1, 0.15) is 0 Å². The molecule has 0 heterocycles. The molecule has 0 fully saturated rings. The van der Waals surface area contributed by atoms with Crippen LogP contribution in [0.25, 0.3) is 0 Å². The molecular weight excluding hydrogens is 276 g/mol. The molecule has 0 aromatic heterocycles. The predicted octanol–water partition coefficient (Wildman–Crippen LogP) is 3.11. The van der Waals surface area contributed by atoms with Crippen molar-refractivity contribution < 1.29 is 9.78 Å². The van der Waals surface area contributed by atoms with Crippen LogP contribution in [0.4, 0.5) is 0 Å². The third kappa shape index (κ3) is 5.58. The van der Waals surface area contributed by atoms with Crippen LogP contribution in [0.3, 0.4) is 0 Å². The highest BCUT2D eigenvalue weighted by Crippen LogP contribution is 2.14. The zero-order valence-corrected chi connectivity index (χ0v) is 12.7. The van der Waals surface area contributed by atoms with E-state index in [0.717, 1.165) is 24.0 Å². The molecule has 4 nitrogen and oxygen atoms in total. The number of hydrogen-bond donors (Lipinski definition) is 2. The summed E-state index contributed by atoms with van der Waals surface area (Å²) in [5.41, 5.74) is 14.4. The summed E-state index contributed by atoms with van der Waals surface area (Å²) in [5.74, 6) is 0. The van der Waals surface area contributed by atoms with Crippen LogP contribution < -0.4 is 11.5 Å². The van der Waals surface area contributed by atoms with E-state index in [1.807, 2.05) is 60.7 Å². The summed E-state index contributed by atoms with van der Waals surface area (Å²) in [6.07, 6.45) is 1.43. The van der Waals surface area contributed by atoms with Gasteiger partial charge in [0.2, 0.25) is 0 Å². The van der Waals surface area contributed by atoms with E-state index < -0.39 is 0 Å². The quantitative estimate of drug-likeness (QED) is 0.424. The fourth-order valence-corrected chi connectivity index (χ4v) is 2.20. The molecule has 0 saturated heterocycles. The number of rotatable bonds is 9. The largest absolute Gasteiger partial charge is 0.324 e. The summed E-state index contributed by atoms with van der Waals surface area (Å²) in [6, 6.07) is 19.9. The van der Waals surface area contributed by atoms with Gasteiger partial charge in [-0.25, -0.2) is 9.78 Å². The Bertz CT molecular complexity index is 470. The lowest BCUT2D eigenvalue weighted by Gasteiger charge is -2.13. The van der Waals surface area contributed by atoms with Crippen molar-refractivity contribution in [3.63, 3.8) is 0 Å². The highest BCUT2D eigenvalue weighted by molar-refractivity contribution is 5.18. The molecule has 0 radical (unpaired) electrons. The molecule has 0 aliphatic heterocycles. The van der Waals surface area contributed by atoms with Crippen molar-refractivity contribution in [2.24, 2.45) is 11.5 Å². The lowest BCUT2D eigenvalue weighted by Crippen LogP contribution is -2.15. The van der Waals surface area contributed by atoms with Gasteiger partial charge in [-0.05, 0) is 24.0 Å². The monoisotopic (exact) mass is 300 g/mol. The summed E-state index contributed by atoms with van der Waals surface area (Å²) in [4.78, 5) is 10.4. The van der Waals surface area contributed by atoms with Crippen molar-refractivity contribution in [1.29, 1.82) is 0 Å². The first kappa shape index (κ1) is 16.6. The molecule has 2 aromatic rings. The van der Waals surface area contributed by atoms with Crippen LogP contribution in [0, 0.1) is 0 Å². The van der Waals surface area contributed by atoms with E-state index in [-0.39, 0.29) is 12.1 Å². The second-order valence-corrected chi connectivity index (χ2v) is 5.26. The zero-order chi connectivity index (χ0) is 15.6. The standard InChI is InChI=1S/C18H24N2O2/c19-17(15-7-3-1-4-8-15)11-13-21-22-14-12-18(20)16-9-5-2-6-10-16/h1-10,17-18H,11-14,19-20H2/t17-,18?/m1/s1. The van der Waals surface area contributed by atoms with Crippen LogP contribution >= 0.6 is 0 Å². The van der Waals surface area contributed by atoms with E-state index in [0.29, 0.717) is 13.2 Å². The van der Waals surface area contributed by atoms with Crippen molar-refractivity contribution >= 4 is 0 Å². The number of hydrogen-bond acceptors (Lipinski definition) is 4. The highest BCUT2D eigenvalue weighted by atomic mass is 17.2. The lowest BCUT2D eigenvalue weighted by molar-refractivity contribution is -0.296. The minimum absolute atomic E-state index is 0.0311. The molecule has 4 heteroatoms. The van der Waals surface area contributed by atoms with Gasteiger partial charge in [0, 0.05) is 12.1 Å². The second kappa shape index (κ2) is 9.33. The van der Waals surface area contributed by atoms with Crippen LogP contribution in [-0.2, 0) is 9.78 Å². The molecule has 0 aliphatic rings. The minimum Gasteiger partial charge on any atom is -0.324 e. The maximum absolute atomic E-state index is 6.08. The molecule has 0 saturated carbocycles. The van der Waals surface area contributed by atoms with Crippen molar-refractivity contribution in [1.82, 2.24) is 0 Å². The summed E-state index contributed by atoms with van der Waals surface area (Å²) >= 11 is 0. The maximum Gasteiger partial charge on any atom is 0.0840 e. The summed E-state index contributed by atoms with van der Waals surface area (Å²) in [5, 5.41) is 0. The van der Waals surface area contributed by atoms with Crippen LogP contribution in [0.15, 0.2) is 60.7 Å². The first-order chi connectivity index (χ1) is 10.8. The third-order valence-electron chi connectivity index (χ3n) is 3.56. The fraction of sp³-hybridized carbons (Fsp3) is 0.333. The number of nitrogens with two attached hydrogens (primary N) is 2. The number of benzene rings is 2. The Balaban J connectivity index is 1.56. The van der Waals surface area contributed by atoms with E-state index >= 15 is 0 Å². The van der Waals surface area contributed by atoms with E-state index in [9.17, 15) is 0 Å². The second-order valence-electron chi connectivity index (χ2n) is 5.26. The van der Waals surface area contributed by atoms with Gasteiger partial charge in [-0.15, -0.1) is 0 Å². The van der Waals surface area contributed by atoms with Gasteiger partial charge in [-0.2, -0.15) is 0 Å². The molecule has 2 atom stereocenters.